The smallest absolute Gasteiger partial charge is 0.415 e. The second-order valence-corrected chi connectivity index (χ2v) is 15.1. The molecule has 256 valence electrons. The standard InChI is InChI=1S/C36H44N4O7S/c1-26-13-19-31(20-14-26)48(44,45)39-21-9-12-32(39)33(41)40(27(2)34(42)47-36(3,4)5)29-15-17-30(18-16-29)46-35(43)38-24-22-37(23-25-38)28-10-7-6-8-11-28/h6-8,10-11,13-20,27,32H,9,12,21-25H2,1-5H3/t27-,32-/m0/s1. The van der Waals surface area contributed by atoms with Crippen molar-refractivity contribution in [3.05, 3.63) is 84.4 Å². The molecule has 5 rings (SSSR count). The molecule has 0 radical (unpaired) electrons. The molecule has 2 aliphatic rings. The van der Waals surface area contributed by atoms with Gasteiger partial charge in [-0.3, -0.25) is 9.69 Å². The first-order valence-corrected chi connectivity index (χ1v) is 17.7. The highest BCUT2D eigenvalue weighted by Crippen LogP contribution is 2.31. The number of para-hydroxylation sites is 1. The van der Waals surface area contributed by atoms with Gasteiger partial charge in [0.05, 0.1) is 4.90 Å². The lowest BCUT2D eigenvalue weighted by atomic mass is 10.1. The van der Waals surface area contributed by atoms with Gasteiger partial charge in [-0.25, -0.2) is 18.0 Å². The molecule has 0 saturated carbocycles. The van der Waals surface area contributed by atoms with E-state index in [0.29, 0.717) is 44.7 Å². The Kier molecular flexibility index (Phi) is 10.4. The third kappa shape index (κ3) is 7.99. The van der Waals surface area contributed by atoms with Crippen LogP contribution in [0.25, 0.3) is 0 Å². The molecule has 2 aliphatic heterocycles. The van der Waals surface area contributed by atoms with Gasteiger partial charge in [0.25, 0.3) is 0 Å². The quantitative estimate of drug-likeness (QED) is 0.298. The molecule has 2 saturated heterocycles. The van der Waals surface area contributed by atoms with Crippen LogP contribution in [-0.4, -0.2) is 86.0 Å². The van der Waals surface area contributed by atoms with Crippen molar-refractivity contribution in [2.45, 2.75) is 70.0 Å². The Bertz CT molecular complexity index is 1700. The summed E-state index contributed by atoms with van der Waals surface area (Å²) in [4.78, 5) is 45.9. The van der Waals surface area contributed by atoms with E-state index >= 15 is 0 Å². The van der Waals surface area contributed by atoms with Crippen LogP contribution in [0.5, 0.6) is 5.75 Å². The van der Waals surface area contributed by atoms with Crippen LogP contribution < -0.4 is 14.5 Å². The monoisotopic (exact) mass is 676 g/mol. The number of amides is 2. The minimum atomic E-state index is -3.99. The first kappa shape index (κ1) is 34.9. The maximum Gasteiger partial charge on any atom is 0.415 e. The van der Waals surface area contributed by atoms with Gasteiger partial charge in [0.2, 0.25) is 15.9 Å². The number of hydrogen-bond acceptors (Lipinski definition) is 8. The number of benzene rings is 3. The average molecular weight is 677 g/mol. The van der Waals surface area contributed by atoms with Gasteiger partial charge < -0.3 is 19.3 Å². The molecular weight excluding hydrogens is 632 g/mol. The van der Waals surface area contributed by atoms with Gasteiger partial charge in [0, 0.05) is 44.1 Å². The van der Waals surface area contributed by atoms with Crippen molar-refractivity contribution in [2.24, 2.45) is 0 Å². The van der Waals surface area contributed by atoms with Crippen LogP contribution in [0.3, 0.4) is 0 Å². The number of carbonyl (C=O) groups is 3. The van der Waals surface area contributed by atoms with Crippen molar-refractivity contribution in [3.8, 4) is 5.75 Å². The molecule has 12 heteroatoms. The third-order valence-corrected chi connectivity index (χ3v) is 10.4. The van der Waals surface area contributed by atoms with E-state index in [1.54, 1.807) is 69.0 Å². The topological polar surface area (TPSA) is 117 Å². The first-order valence-electron chi connectivity index (χ1n) is 16.3. The average Bonchev–Trinajstić information content (AvgIpc) is 3.57. The fourth-order valence-electron chi connectivity index (χ4n) is 5.94. The number of rotatable bonds is 8. The fraction of sp³-hybridized carbons (Fsp3) is 0.417. The number of aryl methyl sites for hydroxylation is 1. The highest BCUT2D eigenvalue weighted by Gasteiger charge is 2.44. The normalized spacial score (nSPS) is 17.9. The number of esters is 1. The van der Waals surface area contributed by atoms with Crippen LogP contribution in [0.4, 0.5) is 16.2 Å². The number of carbonyl (C=O) groups excluding carboxylic acids is 3. The zero-order valence-corrected chi connectivity index (χ0v) is 29.0. The zero-order valence-electron chi connectivity index (χ0n) is 28.2. The fourth-order valence-corrected chi connectivity index (χ4v) is 7.59. The van der Waals surface area contributed by atoms with Gasteiger partial charge in [-0.2, -0.15) is 4.31 Å². The van der Waals surface area contributed by atoms with Crippen molar-refractivity contribution >= 4 is 39.4 Å². The van der Waals surface area contributed by atoms with Crippen LogP contribution in [0.1, 0.15) is 46.1 Å². The van der Waals surface area contributed by atoms with Crippen LogP contribution in [-0.2, 0) is 24.3 Å². The van der Waals surface area contributed by atoms with Crippen LogP contribution in [0.2, 0.25) is 0 Å². The van der Waals surface area contributed by atoms with Crippen molar-refractivity contribution in [3.63, 3.8) is 0 Å². The van der Waals surface area contributed by atoms with Gasteiger partial charge in [-0.05, 0) is 96.0 Å². The molecule has 2 amide bonds. The molecule has 0 unspecified atom stereocenters. The second-order valence-electron chi connectivity index (χ2n) is 13.2. The van der Waals surface area contributed by atoms with E-state index in [1.807, 2.05) is 37.3 Å². The Balaban J connectivity index is 1.34. The minimum Gasteiger partial charge on any atom is -0.458 e. The number of anilines is 2. The van der Waals surface area contributed by atoms with Gasteiger partial charge in [0.15, 0.2) is 0 Å². The van der Waals surface area contributed by atoms with Gasteiger partial charge in [0.1, 0.15) is 23.4 Å². The van der Waals surface area contributed by atoms with Crippen molar-refractivity contribution in [1.29, 1.82) is 0 Å². The largest absolute Gasteiger partial charge is 0.458 e. The summed E-state index contributed by atoms with van der Waals surface area (Å²) < 4.78 is 39.9. The Hall–Kier alpha value is -4.42. The van der Waals surface area contributed by atoms with E-state index in [9.17, 15) is 22.8 Å². The highest BCUT2D eigenvalue weighted by atomic mass is 32.2. The molecule has 0 aromatic heterocycles. The molecule has 0 aliphatic carbocycles. The molecule has 0 N–H and O–H groups in total. The third-order valence-electron chi connectivity index (χ3n) is 8.47. The molecule has 3 aromatic carbocycles. The summed E-state index contributed by atoms with van der Waals surface area (Å²) in [5.41, 5.74) is 1.56. The summed E-state index contributed by atoms with van der Waals surface area (Å²) in [5.74, 6) is -0.898. The molecule has 2 heterocycles. The van der Waals surface area contributed by atoms with Gasteiger partial charge in [-0.15, -0.1) is 0 Å². The van der Waals surface area contributed by atoms with Crippen LogP contribution in [0, 0.1) is 6.92 Å². The van der Waals surface area contributed by atoms with Gasteiger partial charge >= 0.3 is 12.1 Å². The number of piperazine rings is 1. The first-order chi connectivity index (χ1) is 22.7. The van der Waals surface area contributed by atoms with Crippen molar-refractivity contribution in [2.75, 3.05) is 42.5 Å². The maximum absolute atomic E-state index is 14.3. The summed E-state index contributed by atoms with van der Waals surface area (Å²) >= 11 is 0. The summed E-state index contributed by atoms with van der Waals surface area (Å²) in [6, 6.07) is 20.7. The Morgan fingerprint density at radius 3 is 2.08 bits per heavy atom. The molecule has 2 fully saturated rings. The molecule has 11 nitrogen and oxygen atoms in total. The molecule has 2 atom stereocenters. The highest BCUT2D eigenvalue weighted by molar-refractivity contribution is 7.89. The van der Waals surface area contributed by atoms with Crippen molar-refractivity contribution < 1.29 is 32.3 Å². The molecule has 48 heavy (non-hydrogen) atoms. The number of ether oxygens (including phenoxy) is 2. The SMILES string of the molecule is Cc1ccc(S(=O)(=O)N2CCC[C@H]2C(=O)N(c2ccc(OC(=O)N3CCN(c4ccccc4)CC3)cc2)[C@@H](C)C(=O)OC(C)(C)C)cc1. The predicted molar refractivity (Wildman–Crippen MR) is 184 cm³/mol. The van der Waals surface area contributed by atoms with Gasteiger partial charge in [-0.1, -0.05) is 35.9 Å². The van der Waals surface area contributed by atoms with E-state index in [-0.39, 0.29) is 17.2 Å². The summed E-state index contributed by atoms with van der Waals surface area (Å²) in [6.45, 7) is 11.2. The lowest BCUT2D eigenvalue weighted by molar-refractivity contribution is -0.157. The number of hydrogen-bond donors (Lipinski definition) is 0. The van der Waals surface area contributed by atoms with E-state index in [2.05, 4.69) is 4.90 Å². The summed E-state index contributed by atoms with van der Waals surface area (Å²) in [5, 5.41) is 0. The van der Waals surface area contributed by atoms with E-state index in [0.717, 1.165) is 11.3 Å². The zero-order chi connectivity index (χ0) is 34.6. The predicted octanol–water partition coefficient (Wildman–Crippen LogP) is 5.23. The Labute approximate surface area is 283 Å². The molecule has 0 bridgehead atoms. The summed E-state index contributed by atoms with van der Waals surface area (Å²) in [7, 11) is -3.99. The number of nitrogens with zero attached hydrogens (tertiary/aromatic N) is 4. The Morgan fingerprint density at radius 2 is 1.48 bits per heavy atom. The Morgan fingerprint density at radius 1 is 0.854 bits per heavy atom. The minimum absolute atomic E-state index is 0.104. The molecular formula is C36H44N4O7S. The van der Waals surface area contributed by atoms with E-state index < -0.39 is 45.7 Å². The number of sulfonamides is 1. The van der Waals surface area contributed by atoms with Crippen LogP contribution in [0.15, 0.2) is 83.8 Å². The maximum atomic E-state index is 14.3. The second kappa shape index (κ2) is 14.4. The lowest BCUT2D eigenvalue weighted by Crippen LogP contribution is -2.53. The van der Waals surface area contributed by atoms with E-state index in [4.69, 9.17) is 9.47 Å². The summed E-state index contributed by atoms with van der Waals surface area (Å²) in [6.07, 6.45) is 0.313. The van der Waals surface area contributed by atoms with E-state index in [1.165, 1.54) is 21.3 Å². The van der Waals surface area contributed by atoms with Crippen molar-refractivity contribution in [1.82, 2.24) is 9.21 Å². The molecule has 0 spiro atoms. The van der Waals surface area contributed by atoms with Crippen LogP contribution >= 0.6 is 0 Å². The lowest BCUT2D eigenvalue weighted by Gasteiger charge is -2.35. The molecule has 3 aromatic rings.